The molecule has 1 unspecified atom stereocenters. The number of hydrogen-bond donors (Lipinski definition) is 0. The number of allylic oxidation sites excluding steroid dienone is 2. The smallest absolute Gasteiger partial charge is 0.0205 e. The second kappa shape index (κ2) is 3.35. The van der Waals surface area contributed by atoms with Crippen molar-refractivity contribution in [3.63, 3.8) is 0 Å². The van der Waals surface area contributed by atoms with Crippen LogP contribution in [0.15, 0.2) is 43.0 Å². The molecule has 1 aromatic rings. The monoisotopic (exact) mass is 162 g/mol. The Morgan fingerprint density at radius 3 is 2.75 bits per heavy atom. The molecule has 2 rings (SSSR count). The Labute approximate surface area is 71.6 Å². The van der Waals surface area contributed by atoms with E-state index in [0.29, 0.717) is 5.92 Å². The zero-order valence-electron chi connectivity index (χ0n) is 6.73. The third-order valence-electron chi connectivity index (χ3n) is 2.09. The third-order valence-corrected chi connectivity index (χ3v) is 2.09. The van der Waals surface area contributed by atoms with Crippen molar-refractivity contribution in [1.29, 1.82) is 0 Å². The van der Waals surface area contributed by atoms with E-state index in [1.807, 2.05) is 6.08 Å². The predicted molar refractivity (Wildman–Crippen MR) is 50.9 cm³/mol. The van der Waals surface area contributed by atoms with Gasteiger partial charge in [-0.25, -0.2) is 0 Å². The Bertz CT molecular complexity index is 313. The van der Waals surface area contributed by atoms with Crippen LogP contribution in [-0.4, -0.2) is 0 Å². The highest BCUT2D eigenvalue weighted by Crippen LogP contribution is 2.29. The van der Waals surface area contributed by atoms with Crippen molar-refractivity contribution in [3.05, 3.63) is 54.1 Å². The summed E-state index contributed by atoms with van der Waals surface area (Å²) < 4.78 is 0. The second-order valence-corrected chi connectivity index (χ2v) is 2.75. The van der Waals surface area contributed by atoms with Crippen molar-refractivity contribution in [2.24, 2.45) is 0 Å². The van der Waals surface area contributed by atoms with Gasteiger partial charge in [0.2, 0.25) is 0 Å². The van der Waals surface area contributed by atoms with Crippen molar-refractivity contribution >= 4 is 6.08 Å². The van der Waals surface area contributed by atoms with Gasteiger partial charge in [-0.1, -0.05) is 42.5 Å². The molecule has 0 radical (unpaired) electrons. The minimum Gasteiger partial charge on any atom is -0.269 e. The van der Waals surface area contributed by atoms with Crippen LogP contribution in [0.25, 0.3) is 6.08 Å². The molecule has 1 heteroatoms. The summed E-state index contributed by atoms with van der Waals surface area (Å²) in [5, 5.41) is 0. The lowest BCUT2D eigenvalue weighted by Crippen LogP contribution is -1.86. The topological polar surface area (TPSA) is 0 Å². The molecule has 0 spiro atoms. The van der Waals surface area contributed by atoms with Crippen LogP contribution in [0.2, 0.25) is 0 Å². The van der Waals surface area contributed by atoms with E-state index in [2.05, 4.69) is 43.0 Å². The standard InChI is InChI=1S/C11H10.FH/c1-2-9-7-8-10-5-3-4-6-11(9)10;/h2-9H,1H2;1H. The van der Waals surface area contributed by atoms with Gasteiger partial charge >= 0.3 is 0 Å². The summed E-state index contributed by atoms with van der Waals surface area (Å²) in [4.78, 5) is 0. The Morgan fingerprint density at radius 2 is 2.00 bits per heavy atom. The first-order chi connectivity index (χ1) is 5.42. The van der Waals surface area contributed by atoms with Gasteiger partial charge in [-0.05, 0) is 11.1 Å². The molecule has 0 heterocycles. The first-order valence-corrected chi connectivity index (χ1v) is 3.81. The van der Waals surface area contributed by atoms with Crippen molar-refractivity contribution < 1.29 is 4.70 Å². The summed E-state index contributed by atoms with van der Waals surface area (Å²) in [7, 11) is 0. The number of fused-ring (bicyclic) bond motifs is 1. The maximum Gasteiger partial charge on any atom is 0.0205 e. The zero-order valence-corrected chi connectivity index (χ0v) is 6.73. The molecule has 0 aliphatic heterocycles. The first kappa shape index (κ1) is 8.72. The van der Waals surface area contributed by atoms with E-state index < -0.39 is 0 Å². The Morgan fingerprint density at radius 1 is 1.25 bits per heavy atom. The fourth-order valence-electron chi connectivity index (χ4n) is 1.48. The lowest BCUT2D eigenvalue weighted by Gasteiger charge is -2.03. The van der Waals surface area contributed by atoms with Crippen molar-refractivity contribution in [2.75, 3.05) is 0 Å². The average molecular weight is 162 g/mol. The average Bonchev–Trinajstić information content (AvgIpc) is 2.47. The lowest BCUT2D eigenvalue weighted by atomic mass is 10.0. The molecule has 1 atom stereocenters. The fraction of sp³-hybridized carbons (Fsp3) is 0.0909. The summed E-state index contributed by atoms with van der Waals surface area (Å²) in [6.07, 6.45) is 6.31. The Balaban J connectivity index is 0.000000720. The van der Waals surface area contributed by atoms with E-state index in [1.54, 1.807) is 0 Å². The van der Waals surface area contributed by atoms with E-state index in [-0.39, 0.29) is 4.70 Å². The molecule has 1 aliphatic rings. The molecular weight excluding hydrogens is 151 g/mol. The van der Waals surface area contributed by atoms with Gasteiger partial charge in [-0.15, -0.1) is 6.58 Å². The van der Waals surface area contributed by atoms with E-state index in [9.17, 15) is 0 Å². The third kappa shape index (κ3) is 1.18. The van der Waals surface area contributed by atoms with Gasteiger partial charge in [0, 0.05) is 5.92 Å². The highest BCUT2D eigenvalue weighted by molar-refractivity contribution is 5.63. The molecule has 0 amide bonds. The predicted octanol–water partition coefficient (Wildman–Crippen LogP) is 3.14. The molecule has 0 aromatic heterocycles. The Hall–Kier alpha value is -1.37. The van der Waals surface area contributed by atoms with Crippen molar-refractivity contribution in [3.8, 4) is 0 Å². The van der Waals surface area contributed by atoms with Crippen LogP contribution in [-0.2, 0) is 0 Å². The van der Waals surface area contributed by atoms with E-state index >= 15 is 0 Å². The largest absolute Gasteiger partial charge is 0.269 e. The van der Waals surface area contributed by atoms with Crippen LogP contribution in [0.3, 0.4) is 0 Å². The van der Waals surface area contributed by atoms with Gasteiger partial charge < -0.3 is 0 Å². The maximum absolute atomic E-state index is 3.79. The van der Waals surface area contributed by atoms with E-state index in [0.717, 1.165) is 0 Å². The second-order valence-electron chi connectivity index (χ2n) is 2.75. The molecule has 0 nitrogen and oxygen atoms in total. The number of rotatable bonds is 1. The van der Waals surface area contributed by atoms with Gasteiger partial charge in [0.1, 0.15) is 0 Å². The minimum absolute atomic E-state index is 0. The van der Waals surface area contributed by atoms with Crippen molar-refractivity contribution in [2.45, 2.75) is 5.92 Å². The molecule has 1 aromatic carbocycles. The van der Waals surface area contributed by atoms with E-state index in [4.69, 9.17) is 0 Å². The van der Waals surface area contributed by atoms with Crippen molar-refractivity contribution in [1.82, 2.24) is 0 Å². The van der Waals surface area contributed by atoms with Crippen LogP contribution in [0.4, 0.5) is 4.70 Å². The lowest BCUT2D eigenvalue weighted by molar-refractivity contribution is 1.11. The maximum atomic E-state index is 3.79. The molecule has 0 fully saturated rings. The van der Waals surface area contributed by atoms with E-state index in [1.165, 1.54) is 11.1 Å². The zero-order chi connectivity index (χ0) is 7.68. The SMILES string of the molecule is C=CC1C=Cc2ccccc21.F. The number of halogens is 1. The summed E-state index contributed by atoms with van der Waals surface area (Å²) in [5.41, 5.74) is 2.71. The van der Waals surface area contributed by atoms with Gasteiger partial charge in [-0.2, -0.15) is 0 Å². The Kier molecular flexibility index (Phi) is 2.44. The summed E-state index contributed by atoms with van der Waals surface area (Å²) in [5.74, 6) is 0.436. The number of benzene rings is 1. The van der Waals surface area contributed by atoms with Crippen LogP contribution in [0.1, 0.15) is 17.0 Å². The van der Waals surface area contributed by atoms with Crippen LogP contribution in [0.5, 0.6) is 0 Å². The molecule has 12 heavy (non-hydrogen) atoms. The molecular formula is C11H11F. The molecule has 0 bridgehead atoms. The van der Waals surface area contributed by atoms with Crippen LogP contribution >= 0.6 is 0 Å². The molecule has 0 saturated heterocycles. The van der Waals surface area contributed by atoms with Gasteiger partial charge in [0.15, 0.2) is 0 Å². The fourth-order valence-corrected chi connectivity index (χ4v) is 1.48. The normalized spacial score (nSPS) is 18.2. The van der Waals surface area contributed by atoms with Crippen LogP contribution < -0.4 is 0 Å². The summed E-state index contributed by atoms with van der Waals surface area (Å²) in [6, 6.07) is 8.42. The molecule has 0 N–H and O–H groups in total. The summed E-state index contributed by atoms with van der Waals surface area (Å²) in [6.45, 7) is 3.79. The van der Waals surface area contributed by atoms with Gasteiger partial charge in [0.25, 0.3) is 0 Å². The molecule has 62 valence electrons. The molecule has 1 aliphatic carbocycles. The van der Waals surface area contributed by atoms with Crippen LogP contribution in [0, 0.1) is 0 Å². The minimum atomic E-state index is 0. The van der Waals surface area contributed by atoms with Gasteiger partial charge in [-0.3, -0.25) is 4.70 Å². The highest BCUT2D eigenvalue weighted by Gasteiger charge is 2.11. The summed E-state index contributed by atoms with van der Waals surface area (Å²) >= 11 is 0. The molecule has 0 saturated carbocycles. The number of hydrogen-bond acceptors (Lipinski definition) is 0. The quantitative estimate of drug-likeness (QED) is 0.556. The highest BCUT2D eigenvalue weighted by atomic mass is 19.0. The van der Waals surface area contributed by atoms with Gasteiger partial charge in [0.05, 0.1) is 0 Å². The first-order valence-electron chi connectivity index (χ1n) is 3.81.